The number of pyridine rings is 1. The molecule has 5 heterocycles. The maximum absolute atomic E-state index is 15.9. The summed E-state index contributed by atoms with van der Waals surface area (Å²) in [5.41, 5.74) is -0.555. The van der Waals surface area contributed by atoms with Gasteiger partial charge in [-0.1, -0.05) is 6.07 Å². The maximum Gasteiger partial charge on any atom is 0.318 e. The Kier molecular flexibility index (Phi) is 10.2. The number of piperazine rings is 1. The van der Waals surface area contributed by atoms with E-state index in [2.05, 4.69) is 19.9 Å². The van der Waals surface area contributed by atoms with Gasteiger partial charge in [0, 0.05) is 69.8 Å². The third-order valence-corrected chi connectivity index (χ3v) is 8.56. The number of nitriles is 1. The average Bonchev–Trinajstić information content (AvgIpc) is 3.64. The Bertz CT molecular complexity index is 1820. The van der Waals surface area contributed by atoms with Crippen LogP contribution in [0, 0.1) is 28.8 Å². The minimum absolute atomic E-state index is 0.0332. The fourth-order valence-corrected chi connectivity index (χ4v) is 6.37. The zero-order valence-electron chi connectivity index (χ0n) is 26.3. The standard InChI is InChI=1S/C24H20F3N5O3.C7H12FN.C2H3N/c1-12(33)31-5-7-32(8-6-31)23-16-11-28-21(20(27)22(16)29-24(30-23)35-2)15-10-14(34)9-13-3-4-17(25)19(26)18(13)15;8-6-4-7-2-1-3-9(7)5-6;1-2-3/h3-4,9-11,34H,5-8H2,1-2H3;6-7H,1-5H2;1H3. The van der Waals surface area contributed by atoms with Crippen molar-refractivity contribution in [3.8, 4) is 29.1 Å². The van der Waals surface area contributed by atoms with Crippen molar-refractivity contribution < 1.29 is 32.2 Å². The normalized spacial score (nSPS) is 19.0. The third kappa shape index (κ3) is 7.00. The molecule has 0 radical (unpaired) electrons. The number of anilines is 1. The maximum atomic E-state index is 15.9. The number of rotatable bonds is 3. The summed E-state index contributed by atoms with van der Waals surface area (Å²) in [6.45, 7) is 6.64. The second-order valence-corrected chi connectivity index (χ2v) is 11.5. The number of aromatic nitrogens is 3. The fourth-order valence-electron chi connectivity index (χ4n) is 6.37. The van der Waals surface area contributed by atoms with Gasteiger partial charge in [-0.15, -0.1) is 0 Å². The van der Waals surface area contributed by atoms with Crippen LogP contribution in [0.3, 0.4) is 0 Å². The molecular weight excluding hydrogens is 618 g/mol. The number of nitrogens with zero attached hydrogens (tertiary/aromatic N) is 7. The second-order valence-electron chi connectivity index (χ2n) is 11.5. The third-order valence-electron chi connectivity index (χ3n) is 8.56. The Hall–Kier alpha value is -4.77. The molecule has 7 rings (SSSR count). The second kappa shape index (κ2) is 14.3. The molecule has 3 fully saturated rings. The van der Waals surface area contributed by atoms with Crippen molar-refractivity contribution in [1.82, 2.24) is 24.8 Å². The summed E-state index contributed by atoms with van der Waals surface area (Å²) >= 11 is 0. The number of hydrogen-bond donors (Lipinski definition) is 1. The van der Waals surface area contributed by atoms with Gasteiger partial charge in [-0.05, 0) is 49.4 Å². The van der Waals surface area contributed by atoms with Crippen LogP contribution in [0.4, 0.5) is 23.4 Å². The number of phenols is 1. The Morgan fingerprint density at radius 1 is 1.09 bits per heavy atom. The average molecular weight is 654 g/mol. The Morgan fingerprint density at radius 3 is 2.47 bits per heavy atom. The van der Waals surface area contributed by atoms with Crippen LogP contribution in [0.25, 0.3) is 32.9 Å². The number of phenolic OH excluding ortho intramolecular Hbond substituents is 1. The van der Waals surface area contributed by atoms with Gasteiger partial charge in [0.05, 0.1) is 18.6 Å². The zero-order valence-corrected chi connectivity index (χ0v) is 26.3. The lowest BCUT2D eigenvalue weighted by atomic mass is 9.99. The fraction of sp³-hybridized carbons (Fsp3) is 0.424. The quantitative estimate of drug-likeness (QED) is 0.291. The lowest BCUT2D eigenvalue weighted by molar-refractivity contribution is -0.129. The van der Waals surface area contributed by atoms with Gasteiger partial charge in [-0.25, -0.2) is 17.6 Å². The summed E-state index contributed by atoms with van der Waals surface area (Å²) in [6.07, 6.45) is 4.17. The smallest absolute Gasteiger partial charge is 0.318 e. The number of halogens is 4. The minimum atomic E-state index is -1.18. The summed E-state index contributed by atoms with van der Waals surface area (Å²) in [6, 6.07) is 6.88. The van der Waals surface area contributed by atoms with Gasteiger partial charge in [0.15, 0.2) is 17.5 Å². The number of alkyl halides is 1. The topological polar surface area (TPSA) is 119 Å². The van der Waals surface area contributed by atoms with Crippen molar-refractivity contribution in [2.24, 2.45) is 0 Å². The number of hydrogen-bond acceptors (Lipinski definition) is 9. The Labute approximate surface area is 269 Å². The van der Waals surface area contributed by atoms with Crippen molar-refractivity contribution in [1.29, 1.82) is 5.26 Å². The van der Waals surface area contributed by atoms with Gasteiger partial charge < -0.3 is 19.6 Å². The molecule has 2 unspecified atom stereocenters. The predicted molar refractivity (Wildman–Crippen MR) is 168 cm³/mol. The van der Waals surface area contributed by atoms with Gasteiger partial charge >= 0.3 is 6.01 Å². The number of carbonyl (C=O) groups excluding carboxylic acids is 1. The summed E-state index contributed by atoms with van der Waals surface area (Å²) in [7, 11) is 1.35. The number of fused-ring (bicyclic) bond motifs is 3. The summed E-state index contributed by atoms with van der Waals surface area (Å²) < 4.78 is 62.5. The van der Waals surface area contributed by atoms with Crippen LogP contribution in [0.2, 0.25) is 0 Å². The van der Waals surface area contributed by atoms with Crippen LogP contribution in [0.15, 0.2) is 30.5 Å². The van der Waals surface area contributed by atoms with Crippen molar-refractivity contribution in [2.45, 2.75) is 45.3 Å². The van der Waals surface area contributed by atoms with Crippen LogP contribution in [0.1, 0.15) is 33.1 Å². The number of benzene rings is 2. The van der Waals surface area contributed by atoms with E-state index in [0.717, 1.165) is 25.1 Å². The van der Waals surface area contributed by atoms with E-state index in [1.165, 1.54) is 52.1 Å². The molecule has 3 aliphatic rings. The largest absolute Gasteiger partial charge is 0.508 e. The molecule has 0 spiro atoms. The van der Waals surface area contributed by atoms with Crippen LogP contribution in [-0.4, -0.2) is 94.4 Å². The molecule has 0 aliphatic carbocycles. The number of ether oxygens (including phenoxy) is 1. The molecule has 3 aliphatic heterocycles. The van der Waals surface area contributed by atoms with Crippen LogP contribution in [-0.2, 0) is 4.79 Å². The number of methoxy groups -OCH3 is 1. The van der Waals surface area contributed by atoms with Crippen LogP contribution < -0.4 is 9.64 Å². The Morgan fingerprint density at radius 2 is 1.81 bits per heavy atom. The molecule has 4 aromatic rings. The minimum Gasteiger partial charge on any atom is -0.508 e. The van der Waals surface area contributed by atoms with Gasteiger partial charge in [-0.2, -0.15) is 15.2 Å². The van der Waals surface area contributed by atoms with Crippen molar-refractivity contribution in [2.75, 3.05) is 51.3 Å². The van der Waals surface area contributed by atoms with Crippen LogP contribution >= 0.6 is 0 Å². The highest BCUT2D eigenvalue weighted by atomic mass is 19.2. The molecule has 10 nitrogen and oxygen atoms in total. The molecule has 2 aromatic carbocycles. The number of amides is 1. The molecule has 47 heavy (non-hydrogen) atoms. The summed E-state index contributed by atoms with van der Waals surface area (Å²) in [4.78, 5) is 30.3. The summed E-state index contributed by atoms with van der Waals surface area (Å²) in [5, 5.41) is 17.7. The van der Waals surface area contributed by atoms with E-state index in [1.807, 2.05) is 4.90 Å². The molecule has 1 amide bonds. The van der Waals surface area contributed by atoms with E-state index in [-0.39, 0.29) is 45.2 Å². The van der Waals surface area contributed by atoms with Gasteiger partial charge in [0.25, 0.3) is 0 Å². The molecule has 0 bridgehead atoms. The van der Waals surface area contributed by atoms with E-state index < -0.39 is 23.6 Å². The first kappa shape index (κ1) is 33.6. The molecule has 1 N–H and O–H groups in total. The molecule has 248 valence electrons. The SMILES string of the molecule is CC#N.COc1nc(N2CCN(C(C)=O)CC2)c2cnc(-c3cc(O)cc4ccc(F)c(F)c34)c(F)c2n1.FC1CC2CCCN2C1. The van der Waals surface area contributed by atoms with Gasteiger partial charge in [-0.3, -0.25) is 14.7 Å². The highest BCUT2D eigenvalue weighted by Crippen LogP contribution is 2.38. The molecule has 14 heteroatoms. The van der Waals surface area contributed by atoms with Crippen molar-refractivity contribution in [3.63, 3.8) is 0 Å². The summed E-state index contributed by atoms with van der Waals surface area (Å²) in [5.74, 6) is -3.10. The molecule has 2 atom stereocenters. The number of aromatic hydroxyl groups is 1. The molecule has 0 saturated carbocycles. The molecule has 2 aromatic heterocycles. The predicted octanol–water partition coefficient (Wildman–Crippen LogP) is 5.37. The van der Waals surface area contributed by atoms with Crippen LogP contribution in [0.5, 0.6) is 11.8 Å². The van der Waals surface area contributed by atoms with Gasteiger partial charge in [0.1, 0.15) is 28.9 Å². The highest BCUT2D eigenvalue weighted by Gasteiger charge is 2.34. The van der Waals surface area contributed by atoms with E-state index in [4.69, 9.17) is 10.00 Å². The van der Waals surface area contributed by atoms with E-state index >= 15 is 4.39 Å². The van der Waals surface area contributed by atoms with Crippen molar-refractivity contribution in [3.05, 3.63) is 47.9 Å². The lowest BCUT2D eigenvalue weighted by Gasteiger charge is -2.35. The van der Waals surface area contributed by atoms with Gasteiger partial charge in [0.2, 0.25) is 5.91 Å². The van der Waals surface area contributed by atoms with E-state index in [9.17, 15) is 23.1 Å². The lowest BCUT2D eigenvalue weighted by Crippen LogP contribution is -2.48. The molecule has 3 saturated heterocycles. The molecular formula is C33H35F4N7O3. The Balaban J connectivity index is 0.000000302. The zero-order chi connectivity index (χ0) is 33.8. The first-order valence-corrected chi connectivity index (χ1v) is 15.3. The monoisotopic (exact) mass is 653 g/mol. The van der Waals surface area contributed by atoms with E-state index in [0.29, 0.717) is 50.0 Å². The first-order valence-electron chi connectivity index (χ1n) is 15.3. The number of carbonyl (C=O) groups is 1. The van der Waals surface area contributed by atoms with E-state index in [1.54, 1.807) is 11.0 Å². The van der Waals surface area contributed by atoms with Crippen molar-refractivity contribution >= 4 is 33.4 Å². The highest BCUT2D eigenvalue weighted by molar-refractivity contribution is 6.00. The first-order chi connectivity index (χ1) is 22.6.